The summed E-state index contributed by atoms with van der Waals surface area (Å²) in [6.45, 7) is 0.515. The van der Waals surface area contributed by atoms with Crippen LogP contribution in [0.3, 0.4) is 0 Å². The van der Waals surface area contributed by atoms with Crippen LogP contribution in [0.5, 0.6) is 5.75 Å². The molecule has 5 nitrogen and oxygen atoms in total. The fourth-order valence-corrected chi connectivity index (χ4v) is 2.49. The third-order valence-corrected chi connectivity index (χ3v) is 3.84. The Labute approximate surface area is 155 Å². The van der Waals surface area contributed by atoms with E-state index >= 15 is 0 Å². The van der Waals surface area contributed by atoms with Crippen LogP contribution in [0, 0.1) is 0 Å². The molecular weight excluding hydrogens is 354 g/mol. The van der Waals surface area contributed by atoms with E-state index in [1.807, 2.05) is 36.4 Å². The van der Waals surface area contributed by atoms with Crippen molar-refractivity contribution < 1.29 is 13.9 Å². The van der Waals surface area contributed by atoms with Crippen molar-refractivity contribution in [3.63, 3.8) is 0 Å². The number of carbonyl (C=O) groups is 1. The highest BCUT2D eigenvalue weighted by molar-refractivity contribution is 6.30. The number of hydrogen-bond acceptors (Lipinski definition) is 4. The zero-order valence-corrected chi connectivity index (χ0v) is 14.5. The summed E-state index contributed by atoms with van der Waals surface area (Å²) in [5, 5.41) is 3.26. The van der Waals surface area contributed by atoms with E-state index in [0.29, 0.717) is 5.02 Å². The molecule has 0 bridgehead atoms. The minimum Gasteiger partial charge on any atom is -0.482 e. The zero-order valence-electron chi connectivity index (χ0n) is 13.8. The standard InChI is InChI=1S/C20H16ClNO4/c21-16-8-4-7-15(9-16)11-22-20(24)18-10-17(23)19(13-26-18)25-12-14-5-2-1-3-6-14/h1-10,13H,11-12H2,(H,22,24). The monoisotopic (exact) mass is 369 g/mol. The molecule has 0 saturated heterocycles. The van der Waals surface area contributed by atoms with Gasteiger partial charge in [-0.25, -0.2) is 0 Å². The first kappa shape index (κ1) is 17.8. The Morgan fingerprint density at radius 1 is 1.04 bits per heavy atom. The summed E-state index contributed by atoms with van der Waals surface area (Å²) in [7, 11) is 0. The van der Waals surface area contributed by atoms with E-state index in [1.54, 1.807) is 18.2 Å². The van der Waals surface area contributed by atoms with Crippen molar-refractivity contribution in [2.75, 3.05) is 0 Å². The number of rotatable bonds is 6. The van der Waals surface area contributed by atoms with E-state index in [4.69, 9.17) is 20.8 Å². The van der Waals surface area contributed by atoms with Gasteiger partial charge in [0.2, 0.25) is 11.2 Å². The lowest BCUT2D eigenvalue weighted by molar-refractivity contribution is 0.0919. The first-order valence-corrected chi connectivity index (χ1v) is 8.32. The highest BCUT2D eigenvalue weighted by Gasteiger charge is 2.12. The molecule has 0 radical (unpaired) electrons. The van der Waals surface area contributed by atoms with Crippen LogP contribution in [0.1, 0.15) is 21.7 Å². The van der Waals surface area contributed by atoms with Crippen LogP contribution in [-0.4, -0.2) is 5.91 Å². The molecule has 3 aromatic rings. The van der Waals surface area contributed by atoms with Crippen LogP contribution < -0.4 is 15.5 Å². The average molecular weight is 370 g/mol. The predicted molar refractivity (Wildman–Crippen MR) is 98.4 cm³/mol. The van der Waals surface area contributed by atoms with Gasteiger partial charge in [0.05, 0.1) is 0 Å². The molecule has 1 N–H and O–H groups in total. The molecule has 3 rings (SSSR count). The van der Waals surface area contributed by atoms with Gasteiger partial charge in [0.25, 0.3) is 5.91 Å². The molecule has 6 heteroatoms. The van der Waals surface area contributed by atoms with Crippen molar-refractivity contribution in [2.24, 2.45) is 0 Å². The summed E-state index contributed by atoms with van der Waals surface area (Å²) in [5.74, 6) is -0.513. The van der Waals surface area contributed by atoms with Crippen LogP contribution in [-0.2, 0) is 13.2 Å². The topological polar surface area (TPSA) is 68.5 Å². The molecule has 0 aliphatic rings. The SMILES string of the molecule is O=C(NCc1cccc(Cl)c1)c1cc(=O)c(OCc2ccccc2)co1. The summed E-state index contributed by atoms with van der Waals surface area (Å²) in [6, 6.07) is 17.7. The van der Waals surface area contributed by atoms with Gasteiger partial charge < -0.3 is 14.5 Å². The minimum atomic E-state index is -0.489. The van der Waals surface area contributed by atoms with Gasteiger partial charge in [-0.05, 0) is 23.3 Å². The number of nitrogens with one attached hydrogen (secondary N) is 1. The normalized spacial score (nSPS) is 10.3. The first-order chi connectivity index (χ1) is 12.6. The molecule has 0 fully saturated rings. The second kappa shape index (κ2) is 8.36. The third kappa shape index (κ3) is 4.74. The molecule has 132 valence electrons. The molecule has 0 aliphatic heterocycles. The minimum absolute atomic E-state index is 0.0558. The molecule has 2 aromatic carbocycles. The average Bonchev–Trinajstić information content (AvgIpc) is 2.66. The van der Waals surface area contributed by atoms with Gasteiger partial charge >= 0.3 is 0 Å². The molecule has 0 spiro atoms. The van der Waals surface area contributed by atoms with Crippen molar-refractivity contribution in [1.29, 1.82) is 0 Å². The number of halogens is 1. The number of amides is 1. The van der Waals surface area contributed by atoms with Crippen LogP contribution in [0.2, 0.25) is 5.02 Å². The van der Waals surface area contributed by atoms with Gasteiger partial charge in [-0.2, -0.15) is 0 Å². The van der Waals surface area contributed by atoms with Crippen molar-refractivity contribution >= 4 is 17.5 Å². The van der Waals surface area contributed by atoms with E-state index in [1.165, 1.54) is 0 Å². The summed E-state index contributed by atoms with van der Waals surface area (Å²) in [6.07, 6.45) is 1.15. The van der Waals surface area contributed by atoms with Gasteiger partial charge in [-0.15, -0.1) is 0 Å². The predicted octanol–water partition coefficient (Wildman–Crippen LogP) is 3.80. The molecular formula is C20H16ClNO4. The second-order valence-electron chi connectivity index (χ2n) is 5.56. The number of ether oxygens (including phenoxy) is 1. The van der Waals surface area contributed by atoms with E-state index in [-0.39, 0.29) is 24.7 Å². The fraction of sp³-hybridized carbons (Fsp3) is 0.100. The van der Waals surface area contributed by atoms with Crippen molar-refractivity contribution in [3.05, 3.63) is 99.1 Å². The first-order valence-electron chi connectivity index (χ1n) is 7.94. The summed E-state index contributed by atoms with van der Waals surface area (Å²) < 4.78 is 10.7. The number of benzene rings is 2. The Hall–Kier alpha value is -3.05. The molecule has 1 aromatic heterocycles. The van der Waals surface area contributed by atoms with Crippen LogP contribution in [0.25, 0.3) is 0 Å². The van der Waals surface area contributed by atoms with Crippen LogP contribution in [0.15, 0.2) is 76.1 Å². The molecule has 0 saturated carbocycles. The molecule has 0 aliphatic carbocycles. The summed E-state index contributed by atoms with van der Waals surface area (Å²) in [4.78, 5) is 24.2. The van der Waals surface area contributed by atoms with Gasteiger partial charge in [-0.3, -0.25) is 9.59 Å². The Morgan fingerprint density at radius 2 is 1.81 bits per heavy atom. The third-order valence-electron chi connectivity index (χ3n) is 3.60. The Balaban J connectivity index is 1.61. The second-order valence-corrected chi connectivity index (χ2v) is 6.00. The number of carbonyl (C=O) groups excluding carboxylic acids is 1. The molecule has 0 unspecified atom stereocenters. The van der Waals surface area contributed by atoms with Crippen molar-refractivity contribution in [2.45, 2.75) is 13.2 Å². The van der Waals surface area contributed by atoms with E-state index in [0.717, 1.165) is 23.5 Å². The quantitative estimate of drug-likeness (QED) is 0.717. The smallest absolute Gasteiger partial charge is 0.287 e. The van der Waals surface area contributed by atoms with Gasteiger partial charge in [0.15, 0.2) is 5.76 Å². The lowest BCUT2D eigenvalue weighted by Crippen LogP contribution is -2.24. The van der Waals surface area contributed by atoms with Gasteiger partial charge in [0, 0.05) is 17.6 Å². The van der Waals surface area contributed by atoms with Crippen LogP contribution >= 0.6 is 11.6 Å². The van der Waals surface area contributed by atoms with E-state index in [9.17, 15) is 9.59 Å². The maximum Gasteiger partial charge on any atom is 0.287 e. The van der Waals surface area contributed by atoms with E-state index < -0.39 is 11.3 Å². The highest BCUT2D eigenvalue weighted by Crippen LogP contribution is 2.12. The Kier molecular flexibility index (Phi) is 5.71. The maximum atomic E-state index is 12.1. The highest BCUT2D eigenvalue weighted by atomic mass is 35.5. The molecule has 26 heavy (non-hydrogen) atoms. The largest absolute Gasteiger partial charge is 0.482 e. The Bertz CT molecular complexity index is 953. The maximum absolute atomic E-state index is 12.1. The molecule has 1 amide bonds. The molecule has 0 atom stereocenters. The van der Waals surface area contributed by atoms with Gasteiger partial charge in [0.1, 0.15) is 12.9 Å². The fourth-order valence-electron chi connectivity index (χ4n) is 2.28. The van der Waals surface area contributed by atoms with Crippen molar-refractivity contribution in [1.82, 2.24) is 5.32 Å². The lowest BCUT2D eigenvalue weighted by Gasteiger charge is -2.07. The van der Waals surface area contributed by atoms with E-state index in [2.05, 4.69) is 5.32 Å². The number of hydrogen-bond donors (Lipinski definition) is 1. The van der Waals surface area contributed by atoms with Crippen molar-refractivity contribution in [3.8, 4) is 5.75 Å². The van der Waals surface area contributed by atoms with Gasteiger partial charge in [-0.1, -0.05) is 54.1 Å². The molecule has 1 heterocycles. The van der Waals surface area contributed by atoms with Crippen LogP contribution in [0.4, 0.5) is 0 Å². The Morgan fingerprint density at radius 3 is 2.54 bits per heavy atom. The lowest BCUT2D eigenvalue weighted by atomic mass is 10.2. The summed E-state index contributed by atoms with van der Waals surface area (Å²) >= 11 is 5.90. The zero-order chi connectivity index (χ0) is 18.4. The summed E-state index contributed by atoms with van der Waals surface area (Å²) in [5.41, 5.74) is 1.35.